The summed E-state index contributed by atoms with van der Waals surface area (Å²) < 4.78 is 5.45. The number of hydrogen-bond acceptors (Lipinski definition) is 3. The number of rotatable bonds is 3. The van der Waals surface area contributed by atoms with Crippen LogP contribution in [-0.4, -0.2) is 29.5 Å². The van der Waals surface area contributed by atoms with E-state index in [1.807, 2.05) is 43.3 Å². The maximum absolute atomic E-state index is 12.7. The molecule has 1 heterocycles. The fourth-order valence-corrected chi connectivity index (χ4v) is 2.75. The smallest absolute Gasteiger partial charge is 0.322 e. The monoisotopic (exact) mass is 339 g/mol. The average molecular weight is 339 g/mol. The molecule has 2 N–H and O–H groups in total. The Morgan fingerprint density at radius 2 is 2.08 bits per heavy atom. The summed E-state index contributed by atoms with van der Waals surface area (Å²) in [7, 11) is 0. The second kappa shape index (κ2) is 7.25. The maximum Gasteiger partial charge on any atom is 0.322 e. The Morgan fingerprint density at radius 3 is 2.88 bits per heavy atom. The van der Waals surface area contributed by atoms with E-state index in [2.05, 4.69) is 10.6 Å². The van der Waals surface area contributed by atoms with Crippen molar-refractivity contribution < 1.29 is 14.3 Å². The fourth-order valence-electron chi connectivity index (χ4n) is 2.75. The van der Waals surface area contributed by atoms with E-state index in [1.165, 1.54) is 4.90 Å². The molecule has 6 nitrogen and oxygen atoms in total. The number of ether oxygens (including phenoxy) is 1. The normalized spacial score (nSPS) is 16.5. The number of amides is 3. The summed E-state index contributed by atoms with van der Waals surface area (Å²) in [6.45, 7) is 4.53. The largest absolute Gasteiger partial charge is 0.494 e. The molecule has 0 saturated carbocycles. The summed E-state index contributed by atoms with van der Waals surface area (Å²) in [6.07, 6.45) is 0. The molecule has 0 aromatic heterocycles. The number of para-hydroxylation sites is 1. The molecule has 25 heavy (non-hydrogen) atoms. The molecule has 2 aromatic carbocycles. The SMILES string of the molecule is CCOc1cccc(NC(=O)N2Cc3ccccc3NC(=O)C2C)c1. The number of carbonyl (C=O) groups is 2. The van der Waals surface area contributed by atoms with Crippen molar-refractivity contribution in [3.63, 3.8) is 0 Å². The predicted octanol–water partition coefficient (Wildman–Crippen LogP) is 3.46. The summed E-state index contributed by atoms with van der Waals surface area (Å²) in [4.78, 5) is 26.6. The first kappa shape index (κ1) is 16.8. The Hall–Kier alpha value is -3.02. The predicted molar refractivity (Wildman–Crippen MR) is 96.7 cm³/mol. The first-order valence-corrected chi connectivity index (χ1v) is 8.27. The molecular formula is C19H21N3O3. The third-order valence-corrected chi connectivity index (χ3v) is 4.12. The zero-order chi connectivity index (χ0) is 17.8. The molecule has 0 saturated heterocycles. The summed E-state index contributed by atoms with van der Waals surface area (Å²) in [5.41, 5.74) is 2.27. The summed E-state index contributed by atoms with van der Waals surface area (Å²) >= 11 is 0. The lowest BCUT2D eigenvalue weighted by Gasteiger charge is -2.26. The highest BCUT2D eigenvalue weighted by molar-refractivity contribution is 6.00. The van der Waals surface area contributed by atoms with Crippen molar-refractivity contribution in [1.82, 2.24) is 4.90 Å². The van der Waals surface area contributed by atoms with Crippen LogP contribution in [0.1, 0.15) is 19.4 Å². The minimum Gasteiger partial charge on any atom is -0.494 e. The molecule has 1 aliphatic rings. The third-order valence-electron chi connectivity index (χ3n) is 4.12. The van der Waals surface area contributed by atoms with Gasteiger partial charge in [-0.15, -0.1) is 0 Å². The van der Waals surface area contributed by atoms with Gasteiger partial charge in [-0.25, -0.2) is 4.79 Å². The summed E-state index contributed by atoms with van der Waals surface area (Å²) in [5, 5.41) is 5.71. The van der Waals surface area contributed by atoms with Crippen molar-refractivity contribution in [2.45, 2.75) is 26.4 Å². The van der Waals surface area contributed by atoms with E-state index in [1.54, 1.807) is 19.1 Å². The van der Waals surface area contributed by atoms with Gasteiger partial charge in [-0.05, 0) is 37.6 Å². The van der Waals surface area contributed by atoms with Crippen molar-refractivity contribution in [3.8, 4) is 5.75 Å². The molecule has 0 aliphatic carbocycles. The van der Waals surface area contributed by atoms with Gasteiger partial charge in [-0.1, -0.05) is 24.3 Å². The van der Waals surface area contributed by atoms with Crippen LogP contribution in [0.2, 0.25) is 0 Å². The first-order chi connectivity index (χ1) is 12.1. The number of fused-ring (bicyclic) bond motifs is 1. The van der Waals surface area contributed by atoms with Gasteiger partial charge >= 0.3 is 6.03 Å². The van der Waals surface area contributed by atoms with E-state index in [4.69, 9.17) is 4.74 Å². The lowest BCUT2D eigenvalue weighted by atomic mass is 10.1. The Balaban J connectivity index is 1.81. The maximum atomic E-state index is 12.7. The average Bonchev–Trinajstić information content (AvgIpc) is 2.72. The van der Waals surface area contributed by atoms with Crippen LogP contribution >= 0.6 is 0 Å². The molecular weight excluding hydrogens is 318 g/mol. The molecule has 1 atom stereocenters. The number of urea groups is 1. The van der Waals surface area contributed by atoms with Gasteiger partial charge in [0, 0.05) is 17.4 Å². The Bertz CT molecular complexity index is 791. The Labute approximate surface area is 146 Å². The van der Waals surface area contributed by atoms with Gasteiger partial charge in [0.1, 0.15) is 11.8 Å². The minimum absolute atomic E-state index is 0.205. The van der Waals surface area contributed by atoms with E-state index in [0.29, 0.717) is 24.6 Å². The highest BCUT2D eigenvalue weighted by atomic mass is 16.5. The number of benzene rings is 2. The second-order valence-electron chi connectivity index (χ2n) is 5.84. The quantitative estimate of drug-likeness (QED) is 0.900. The van der Waals surface area contributed by atoms with E-state index in [-0.39, 0.29) is 11.9 Å². The molecule has 2 aromatic rings. The summed E-state index contributed by atoms with van der Waals surface area (Å²) in [6, 6.07) is 13.8. The van der Waals surface area contributed by atoms with Crippen molar-refractivity contribution in [2.75, 3.05) is 17.2 Å². The number of nitrogens with zero attached hydrogens (tertiary/aromatic N) is 1. The zero-order valence-electron chi connectivity index (χ0n) is 14.3. The zero-order valence-corrected chi connectivity index (χ0v) is 14.3. The van der Waals surface area contributed by atoms with E-state index in [0.717, 1.165) is 11.3 Å². The van der Waals surface area contributed by atoms with Crippen molar-refractivity contribution in [2.24, 2.45) is 0 Å². The van der Waals surface area contributed by atoms with Crippen LogP contribution in [0, 0.1) is 0 Å². The second-order valence-corrected chi connectivity index (χ2v) is 5.84. The van der Waals surface area contributed by atoms with Crippen LogP contribution in [0.15, 0.2) is 48.5 Å². The molecule has 6 heteroatoms. The van der Waals surface area contributed by atoms with Crippen molar-refractivity contribution in [1.29, 1.82) is 0 Å². The third kappa shape index (κ3) is 3.74. The van der Waals surface area contributed by atoms with Gasteiger partial charge in [-0.3, -0.25) is 4.79 Å². The highest BCUT2D eigenvalue weighted by Gasteiger charge is 2.30. The topological polar surface area (TPSA) is 70.7 Å². The van der Waals surface area contributed by atoms with Crippen molar-refractivity contribution >= 4 is 23.3 Å². The molecule has 3 rings (SSSR count). The van der Waals surface area contributed by atoms with Gasteiger partial charge in [-0.2, -0.15) is 0 Å². The molecule has 130 valence electrons. The van der Waals surface area contributed by atoms with Crippen LogP contribution in [0.4, 0.5) is 16.2 Å². The Morgan fingerprint density at radius 1 is 1.28 bits per heavy atom. The van der Waals surface area contributed by atoms with Crippen LogP contribution in [-0.2, 0) is 11.3 Å². The van der Waals surface area contributed by atoms with E-state index < -0.39 is 6.04 Å². The molecule has 1 aliphatic heterocycles. The van der Waals surface area contributed by atoms with Gasteiger partial charge in [0.05, 0.1) is 13.2 Å². The molecule has 0 bridgehead atoms. The molecule has 3 amide bonds. The van der Waals surface area contributed by atoms with Gasteiger partial charge in [0.25, 0.3) is 0 Å². The fraction of sp³-hybridized carbons (Fsp3) is 0.263. The van der Waals surface area contributed by atoms with Crippen LogP contribution in [0.5, 0.6) is 5.75 Å². The van der Waals surface area contributed by atoms with Crippen LogP contribution in [0.25, 0.3) is 0 Å². The standard InChI is InChI=1S/C19H21N3O3/c1-3-25-16-9-6-8-15(11-16)20-19(24)22-12-14-7-4-5-10-17(14)21-18(23)13(22)2/h4-11,13H,3,12H2,1-2H3,(H,20,24)(H,21,23). The molecule has 0 fully saturated rings. The van der Waals surface area contributed by atoms with Crippen LogP contribution in [0.3, 0.4) is 0 Å². The number of nitrogens with one attached hydrogen (secondary N) is 2. The lowest BCUT2D eigenvalue weighted by molar-refractivity contribution is -0.119. The van der Waals surface area contributed by atoms with Gasteiger partial charge < -0.3 is 20.3 Å². The van der Waals surface area contributed by atoms with Crippen molar-refractivity contribution in [3.05, 3.63) is 54.1 Å². The molecule has 0 spiro atoms. The first-order valence-electron chi connectivity index (χ1n) is 8.27. The number of carbonyl (C=O) groups excluding carboxylic acids is 2. The van der Waals surface area contributed by atoms with E-state index in [9.17, 15) is 9.59 Å². The summed E-state index contributed by atoms with van der Waals surface area (Å²) in [5.74, 6) is 0.482. The number of hydrogen-bond donors (Lipinski definition) is 2. The number of anilines is 2. The Kier molecular flexibility index (Phi) is 4.88. The minimum atomic E-state index is -0.581. The lowest BCUT2D eigenvalue weighted by Crippen LogP contribution is -2.45. The molecule has 1 unspecified atom stereocenters. The highest BCUT2D eigenvalue weighted by Crippen LogP contribution is 2.24. The van der Waals surface area contributed by atoms with Gasteiger partial charge in [0.2, 0.25) is 5.91 Å². The molecule has 0 radical (unpaired) electrons. The van der Waals surface area contributed by atoms with E-state index >= 15 is 0 Å². The van der Waals surface area contributed by atoms with Gasteiger partial charge in [0.15, 0.2) is 0 Å². The van der Waals surface area contributed by atoms with Crippen LogP contribution < -0.4 is 15.4 Å².